The molecular formula is C12H11BrN4O. The van der Waals surface area contributed by atoms with Crippen LogP contribution in [-0.2, 0) is 0 Å². The van der Waals surface area contributed by atoms with Crippen molar-refractivity contribution in [3.05, 3.63) is 46.2 Å². The van der Waals surface area contributed by atoms with E-state index in [4.69, 9.17) is 5.73 Å². The van der Waals surface area contributed by atoms with Crippen LogP contribution < -0.4 is 11.1 Å². The maximum Gasteiger partial charge on any atom is 0.257 e. The van der Waals surface area contributed by atoms with Gasteiger partial charge >= 0.3 is 0 Å². The molecule has 0 aliphatic heterocycles. The van der Waals surface area contributed by atoms with Crippen molar-refractivity contribution < 1.29 is 4.79 Å². The minimum Gasteiger partial charge on any atom is -0.384 e. The fraction of sp³-hybridized carbons (Fsp3) is 0.0833. The van der Waals surface area contributed by atoms with Gasteiger partial charge in [-0.1, -0.05) is 0 Å². The number of carbonyl (C=O) groups is 1. The molecule has 0 aromatic carbocycles. The number of hydrogen-bond acceptors (Lipinski definition) is 4. The molecule has 0 atom stereocenters. The van der Waals surface area contributed by atoms with Crippen LogP contribution in [0.25, 0.3) is 0 Å². The minimum atomic E-state index is -0.272. The summed E-state index contributed by atoms with van der Waals surface area (Å²) in [5, 5.41) is 2.70. The normalized spacial score (nSPS) is 10.1. The molecule has 0 aliphatic carbocycles. The fourth-order valence-corrected chi connectivity index (χ4v) is 1.84. The smallest absolute Gasteiger partial charge is 0.257 e. The molecule has 1 amide bonds. The molecule has 2 heterocycles. The molecule has 0 unspecified atom stereocenters. The van der Waals surface area contributed by atoms with Crippen molar-refractivity contribution in [1.82, 2.24) is 9.97 Å². The van der Waals surface area contributed by atoms with Crippen molar-refractivity contribution >= 4 is 33.5 Å². The highest BCUT2D eigenvalue weighted by Gasteiger charge is 2.10. The number of carbonyl (C=O) groups excluding carboxylic acids is 1. The van der Waals surface area contributed by atoms with E-state index >= 15 is 0 Å². The van der Waals surface area contributed by atoms with Crippen LogP contribution in [-0.4, -0.2) is 15.9 Å². The van der Waals surface area contributed by atoms with E-state index in [9.17, 15) is 4.79 Å². The van der Waals surface area contributed by atoms with Crippen molar-refractivity contribution in [2.75, 3.05) is 11.1 Å². The van der Waals surface area contributed by atoms with Gasteiger partial charge in [-0.15, -0.1) is 0 Å². The Kier molecular flexibility index (Phi) is 3.57. The highest BCUT2D eigenvalue weighted by atomic mass is 79.9. The van der Waals surface area contributed by atoms with Gasteiger partial charge in [-0.2, -0.15) is 0 Å². The van der Waals surface area contributed by atoms with Crippen molar-refractivity contribution in [2.45, 2.75) is 6.92 Å². The predicted octanol–water partition coefficient (Wildman–Crippen LogP) is 2.38. The zero-order valence-corrected chi connectivity index (χ0v) is 11.2. The number of aromatic nitrogens is 2. The van der Waals surface area contributed by atoms with Gasteiger partial charge in [0, 0.05) is 17.5 Å². The van der Waals surface area contributed by atoms with Gasteiger partial charge in [0.25, 0.3) is 5.91 Å². The van der Waals surface area contributed by atoms with Crippen LogP contribution in [0.1, 0.15) is 16.1 Å². The first-order chi connectivity index (χ1) is 8.56. The summed E-state index contributed by atoms with van der Waals surface area (Å²) < 4.78 is 0.720. The Bertz CT molecular complexity index is 580. The summed E-state index contributed by atoms with van der Waals surface area (Å²) in [6.07, 6.45) is 1.60. The SMILES string of the molecule is Cc1cc(C(=O)Nc2ncccc2Br)cc(N)n1. The summed E-state index contributed by atoms with van der Waals surface area (Å²) in [5.74, 6) is 0.516. The van der Waals surface area contributed by atoms with E-state index < -0.39 is 0 Å². The third kappa shape index (κ3) is 2.84. The largest absolute Gasteiger partial charge is 0.384 e. The van der Waals surface area contributed by atoms with E-state index in [0.717, 1.165) is 4.47 Å². The van der Waals surface area contributed by atoms with Crippen LogP contribution in [0, 0.1) is 6.92 Å². The molecule has 0 saturated carbocycles. The zero-order chi connectivity index (χ0) is 13.1. The molecule has 2 aromatic heterocycles. The summed E-state index contributed by atoms with van der Waals surface area (Å²) in [4.78, 5) is 20.1. The van der Waals surface area contributed by atoms with Gasteiger partial charge in [0.15, 0.2) is 0 Å². The summed E-state index contributed by atoms with van der Waals surface area (Å²) in [6, 6.07) is 6.77. The molecule has 0 aliphatic rings. The summed E-state index contributed by atoms with van der Waals surface area (Å²) >= 11 is 3.31. The molecule has 0 radical (unpaired) electrons. The van der Waals surface area contributed by atoms with Gasteiger partial charge in [0.2, 0.25) is 0 Å². The van der Waals surface area contributed by atoms with E-state index in [1.165, 1.54) is 6.07 Å². The number of nitrogens with two attached hydrogens (primary N) is 1. The Balaban J connectivity index is 2.25. The molecular weight excluding hydrogens is 296 g/mol. The highest BCUT2D eigenvalue weighted by Crippen LogP contribution is 2.19. The predicted molar refractivity (Wildman–Crippen MR) is 73.3 cm³/mol. The highest BCUT2D eigenvalue weighted by molar-refractivity contribution is 9.10. The molecule has 18 heavy (non-hydrogen) atoms. The minimum absolute atomic E-state index is 0.272. The lowest BCUT2D eigenvalue weighted by Gasteiger charge is -2.07. The van der Waals surface area contributed by atoms with Crippen LogP contribution in [0.3, 0.4) is 0 Å². The van der Waals surface area contributed by atoms with Crippen LogP contribution in [0.2, 0.25) is 0 Å². The molecule has 92 valence electrons. The lowest BCUT2D eigenvalue weighted by atomic mass is 10.2. The molecule has 0 spiro atoms. The van der Waals surface area contributed by atoms with E-state index in [1.807, 2.05) is 0 Å². The number of hydrogen-bond donors (Lipinski definition) is 2. The Morgan fingerprint density at radius 1 is 1.44 bits per heavy atom. The topological polar surface area (TPSA) is 80.9 Å². The molecule has 5 nitrogen and oxygen atoms in total. The zero-order valence-electron chi connectivity index (χ0n) is 9.64. The van der Waals surface area contributed by atoms with Crippen molar-refractivity contribution in [3.63, 3.8) is 0 Å². The number of pyridine rings is 2. The summed E-state index contributed by atoms with van der Waals surface area (Å²) in [5.41, 5.74) is 6.76. The molecule has 6 heteroatoms. The van der Waals surface area contributed by atoms with Gasteiger partial charge < -0.3 is 11.1 Å². The van der Waals surface area contributed by atoms with Crippen molar-refractivity contribution in [2.24, 2.45) is 0 Å². The third-order valence-corrected chi connectivity index (χ3v) is 2.87. The van der Waals surface area contributed by atoms with Crippen molar-refractivity contribution in [3.8, 4) is 0 Å². The van der Waals surface area contributed by atoms with E-state index in [2.05, 4.69) is 31.2 Å². The van der Waals surface area contributed by atoms with Crippen LogP contribution >= 0.6 is 15.9 Å². The third-order valence-electron chi connectivity index (χ3n) is 2.23. The number of rotatable bonds is 2. The lowest BCUT2D eigenvalue weighted by molar-refractivity contribution is 0.102. The van der Waals surface area contributed by atoms with Gasteiger partial charge in [-0.3, -0.25) is 4.79 Å². The second-order valence-corrected chi connectivity index (χ2v) is 4.56. The second kappa shape index (κ2) is 5.14. The lowest BCUT2D eigenvalue weighted by Crippen LogP contribution is -2.14. The quantitative estimate of drug-likeness (QED) is 0.892. The van der Waals surface area contributed by atoms with Crippen molar-refractivity contribution in [1.29, 1.82) is 0 Å². The Morgan fingerprint density at radius 3 is 2.89 bits per heavy atom. The number of amides is 1. The number of anilines is 2. The van der Waals surface area contributed by atoms with E-state index in [-0.39, 0.29) is 5.91 Å². The average molecular weight is 307 g/mol. The maximum atomic E-state index is 12.0. The Labute approximate surface area is 113 Å². The monoisotopic (exact) mass is 306 g/mol. The first-order valence-electron chi connectivity index (χ1n) is 5.22. The number of halogens is 1. The number of aryl methyl sites for hydroxylation is 1. The molecule has 0 bridgehead atoms. The number of nitrogens with zero attached hydrogens (tertiary/aromatic N) is 2. The Morgan fingerprint density at radius 2 is 2.22 bits per heavy atom. The second-order valence-electron chi connectivity index (χ2n) is 3.71. The van der Waals surface area contributed by atoms with Crippen LogP contribution in [0.5, 0.6) is 0 Å². The molecule has 3 N–H and O–H groups in total. The summed E-state index contributed by atoms with van der Waals surface area (Å²) in [7, 11) is 0. The van der Waals surface area contributed by atoms with Gasteiger partial charge in [-0.05, 0) is 47.1 Å². The molecule has 0 saturated heterocycles. The van der Waals surface area contributed by atoms with Gasteiger partial charge in [-0.25, -0.2) is 9.97 Å². The van der Waals surface area contributed by atoms with E-state index in [0.29, 0.717) is 22.9 Å². The molecule has 2 aromatic rings. The maximum absolute atomic E-state index is 12.0. The average Bonchev–Trinajstić information content (AvgIpc) is 2.31. The molecule has 2 rings (SSSR count). The standard InChI is InChI=1S/C12H11BrN4O/c1-7-5-8(6-10(14)16-7)12(18)17-11-9(13)3-2-4-15-11/h2-6H,1H3,(H2,14,16)(H,15,17,18). The fourth-order valence-electron chi connectivity index (χ4n) is 1.48. The van der Waals surface area contributed by atoms with Gasteiger partial charge in [0.1, 0.15) is 11.6 Å². The van der Waals surface area contributed by atoms with E-state index in [1.54, 1.807) is 31.3 Å². The first-order valence-corrected chi connectivity index (χ1v) is 6.01. The number of nitrogen functional groups attached to an aromatic ring is 1. The Hall–Kier alpha value is -1.95. The summed E-state index contributed by atoms with van der Waals surface area (Å²) in [6.45, 7) is 1.78. The van der Waals surface area contributed by atoms with Crippen LogP contribution in [0.4, 0.5) is 11.6 Å². The number of nitrogens with one attached hydrogen (secondary N) is 1. The molecule has 0 fully saturated rings. The van der Waals surface area contributed by atoms with Gasteiger partial charge in [0.05, 0.1) is 4.47 Å². The first kappa shape index (κ1) is 12.5. The van der Waals surface area contributed by atoms with Crippen LogP contribution in [0.15, 0.2) is 34.9 Å².